The first-order chi connectivity index (χ1) is 9.08. The zero-order valence-electron chi connectivity index (χ0n) is 10.8. The summed E-state index contributed by atoms with van der Waals surface area (Å²) in [6.07, 6.45) is 0. The third-order valence-electron chi connectivity index (χ3n) is 2.52. The van der Waals surface area contributed by atoms with Gasteiger partial charge in [-0.2, -0.15) is 4.68 Å². The largest absolute Gasteiger partial charge is 0.310 e. The minimum atomic E-state index is -0.460. The predicted octanol–water partition coefficient (Wildman–Crippen LogP) is 2.20. The van der Waals surface area contributed by atoms with E-state index in [1.165, 1.54) is 12.1 Å². The van der Waals surface area contributed by atoms with Crippen molar-refractivity contribution in [2.24, 2.45) is 5.92 Å². The van der Waals surface area contributed by atoms with Crippen LogP contribution in [0.25, 0.3) is 5.69 Å². The molecule has 0 saturated heterocycles. The molecule has 1 heterocycles. The van der Waals surface area contributed by atoms with Crippen molar-refractivity contribution in [3.8, 4) is 5.69 Å². The highest BCUT2D eigenvalue weighted by Gasteiger charge is 2.10. The van der Waals surface area contributed by atoms with Gasteiger partial charge in [-0.1, -0.05) is 25.4 Å². The minimum absolute atomic E-state index is 0.0501. The maximum atomic E-state index is 13.1. The zero-order chi connectivity index (χ0) is 13.8. The number of halogens is 2. The first kappa shape index (κ1) is 13.9. The average molecular weight is 284 g/mol. The molecule has 0 unspecified atom stereocenters. The molecule has 0 radical (unpaired) electrons. The molecule has 2 rings (SSSR count). The number of aromatic nitrogens is 4. The van der Waals surface area contributed by atoms with Gasteiger partial charge in [0.2, 0.25) is 0 Å². The van der Waals surface area contributed by atoms with Crippen LogP contribution in [0.4, 0.5) is 4.39 Å². The van der Waals surface area contributed by atoms with Crippen LogP contribution >= 0.6 is 11.6 Å². The van der Waals surface area contributed by atoms with Gasteiger partial charge < -0.3 is 5.32 Å². The quantitative estimate of drug-likeness (QED) is 0.914. The van der Waals surface area contributed by atoms with Crippen LogP contribution in [-0.2, 0) is 6.54 Å². The van der Waals surface area contributed by atoms with Gasteiger partial charge in [0, 0.05) is 0 Å². The second-order valence-electron chi connectivity index (χ2n) is 4.63. The monoisotopic (exact) mass is 283 g/mol. The lowest BCUT2D eigenvalue weighted by Crippen LogP contribution is -2.21. The van der Waals surface area contributed by atoms with Gasteiger partial charge >= 0.3 is 0 Å². The Hall–Kier alpha value is -1.53. The Bertz CT molecular complexity index is 555. The summed E-state index contributed by atoms with van der Waals surface area (Å²) in [6.45, 7) is 5.66. The van der Waals surface area contributed by atoms with Gasteiger partial charge in [0.25, 0.3) is 0 Å². The summed E-state index contributed by atoms with van der Waals surface area (Å²) < 4.78 is 14.7. The molecule has 0 bridgehead atoms. The lowest BCUT2D eigenvalue weighted by molar-refractivity contribution is 0.537. The second kappa shape index (κ2) is 6.08. The number of tetrazole rings is 1. The fourth-order valence-electron chi connectivity index (χ4n) is 1.61. The van der Waals surface area contributed by atoms with Crippen LogP contribution in [0.1, 0.15) is 19.7 Å². The van der Waals surface area contributed by atoms with E-state index < -0.39 is 5.82 Å². The molecule has 0 fully saturated rings. The van der Waals surface area contributed by atoms with E-state index in [2.05, 4.69) is 34.7 Å². The van der Waals surface area contributed by atoms with Crippen molar-refractivity contribution in [2.45, 2.75) is 20.4 Å². The molecular weight excluding hydrogens is 269 g/mol. The lowest BCUT2D eigenvalue weighted by atomic mass is 10.2. The van der Waals surface area contributed by atoms with Crippen LogP contribution in [0, 0.1) is 11.7 Å². The summed E-state index contributed by atoms with van der Waals surface area (Å²) in [6, 6.07) is 4.38. The summed E-state index contributed by atoms with van der Waals surface area (Å²) in [5.41, 5.74) is 0.637. The molecular formula is C12H15ClFN5. The molecule has 0 aliphatic heterocycles. The molecule has 2 aromatic rings. The van der Waals surface area contributed by atoms with Gasteiger partial charge in [-0.25, -0.2) is 4.39 Å². The third kappa shape index (κ3) is 3.48. The van der Waals surface area contributed by atoms with E-state index in [0.29, 0.717) is 24.0 Å². The first-order valence-electron chi connectivity index (χ1n) is 6.01. The van der Waals surface area contributed by atoms with Crippen LogP contribution < -0.4 is 5.32 Å². The smallest absolute Gasteiger partial charge is 0.170 e. The Morgan fingerprint density at radius 1 is 1.42 bits per heavy atom. The highest BCUT2D eigenvalue weighted by Crippen LogP contribution is 2.18. The SMILES string of the molecule is CC(C)CNCc1nnnn1-c1ccc(F)c(Cl)c1. The topological polar surface area (TPSA) is 55.6 Å². The van der Waals surface area contributed by atoms with Crippen molar-refractivity contribution in [2.75, 3.05) is 6.54 Å². The standard InChI is InChI=1S/C12H15ClFN5/c1-8(2)6-15-7-12-16-17-18-19(12)9-3-4-11(14)10(13)5-9/h3-5,8,15H,6-7H2,1-2H3. The van der Waals surface area contributed by atoms with Gasteiger partial charge in [0.15, 0.2) is 5.82 Å². The lowest BCUT2D eigenvalue weighted by Gasteiger charge is -2.08. The van der Waals surface area contributed by atoms with Crippen molar-refractivity contribution >= 4 is 11.6 Å². The number of hydrogen-bond donors (Lipinski definition) is 1. The van der Waals surface area contributed by atoms with Gasteiger partial charge in [-0.05, 0) is 41.1 Å². The van der Waals surface area contributed by atoms with E-state index >= 15 is 0 Å². The third-order valence-corrected chi connectivity index (χ3v) is 2.81. The Kier molecular flexibility index (Phi) is 4.44. The molecule has 1 aromatic carbocycles. The number of nitrogens with zero attached hydrogens (tertiary/aromatic N) is 4. The Morgan fingerprint density at radius 2 is 2.21 bits per heavy atom. The van der Waals surface area contributed by atoms with Crippen LogP contribution in [0.3, 0.4) is 0 Å². The molecule has 0 aliphatic rings. The first-order valence-corrected chi connectivity index (χ1v) is 6.39. The molecule has 19 heavy (non-hydrogen) atoms. The predicted molar refractivity (Wildman–Crippen MR) is 70.7 cm³/mol. The fraction of sp³-hybridized carbons (Fsp3) is 0.417. The van der Waals surface area contributed by atoms with Crippen molar-refractivity contribution in [3.05, 3.63) is 34.9 Å². The average Bonchev–Trinajstić information content (AvgIpc) is 2.80. The Labute approximate surface area is 115 Å². The molecule has 102 valence electrons. The Morgan fingerprint density at radius 3 is 2.89 bits per heavy atom. The number of benzene rings is 1. The molecule has 7 heteroatoms. The maximum absolute atomic E-state index is 13.1. The van der Waals surface area contributed by atoms with Gasteiger partial charge in [0.1, 0.15) is 5.82 Å². The summed E-state index contributed by atoms with van der Waals surface area (Å²) in [5.74, 6) is 0.742. The number of rotatable bonds is 5. The van der Waals surface area contributed by atoms with E-state index in [-0.39, 0.29) is 5.02 Å². The molecule has 0 saturated carbocycles. The van der Waals surface area contributed by atoms with E-state index in [0.717, 1.165) is 6.54 Å². The van der Waals surface area contributed by atoms with Gasteiger partial charge in [0.05, 0.1) is 17.3 Å². The highest BCUT2D eigenvalue weighted by molar-refractivity contribution is 6.30. The maximum Gasteiger partial charge on any atom is 0.170 e. The van der Waals surface area contributed by atoms with Crippen molar-refractivity contribution in [3.63, 3.8) is 0 Å². The van der Waals surface area contributed by atoms with E-state index in [4.69, 9.17) is 11.6 Å². The van der Waals surface area contributed by atoms with E-state index in [1.807, 2.05) is 0 Å². The van der Waals surface area contributed by atoms with Crippen molar-refractivity contribution < 1.29 is 4.39 Å². The molecule has 1 N–H and O–H groups in total. The summed E-state index contributed by atoms with van der Waals surface area (Å²) in [5, 5.41) is 14.8. The van der Waals surface area contributed by atoms with Gasteiger partial charge in [-0.15, -0.1) is 5.10 Å². The van der Waals surface area contributed by atoms with E-state index in [9.17, 15) is 4.39 Å². The summed E-state index contributed by atoms with van der Waals surface area (Å²) in [4.78, 5) is 0. The van der Waals surface area contributed by atoms with Crippen molar-refractivity contribution in [1.82, 2.24) is 25.5 Å². The van der Waals surface area contributed by atoms with Crippen molar-refractivity contribution in [1.29, 1.82) is 0 Å². The molecule has 0 aliphatic carbocycles. The minimum Gasteiger partial charge on any atom is -0.310 e. The molecule has 0 amide bonds. The Balaban J connectivity index is 2.16. The van der Waals surface area contributed by atoms with Crippen LogP contribution in [-0.4, -0.2) is 26.8 Å². The fourth-order valence-corrected chi connectivity index (χ4v) is 1.78. The molecule has 1 aromatic heterocycles. The van der Waals surface area contributed by atoms with Crippen LogP contribution in [0.5, 0.6) is 0 Å². The normalized spacial score (nSPS) is 11.2. The second-order valence-corrected chi connectivity index (χ2v) is 5.04. The summed E-state index contributed by atoms with van der Waals surface area (Å²) in [7, 11) is 0. The highest BCUT2D eigenvalue weighted by atomic mass is 35.5. The number of nitrogens with one attached hydrogen (secondary N) is 1. The van der Waals surface area contributed by atoms with E-state index in [1.54, 1.807) is 10.7 Å². The molecule has 5 nitrogen and oxygen atoms in total. The molecule has 0 atom stereocenters. The molecule has 0 spiro atoms. The summed E-state index contributed by atoms with van der Waals surface area (Å²) >= 11 is 5.76. The zero-order valence-corrected chi connectivity index (χ0v) is 11.5. The van der Waals surface area contributed by atoms with Gasteiger partial charge in [-0.3, -0.25) is 0 Å². The number of hydrogen-bond acceptors (Lipinski definition) is 4. The van der Waals surface area contributed by atoms with Crippen LogP contribution in [0.15, 0.2) is 18.2 Å². The van der Waals surface area contributed by atoms with Crippen LogP contribution in [0.2, 0.25) is 5.02 Å².